The van der Waals surface area contributed by atoms with E-state index >= 15 is 0 Å². The molecule has 2 heteroatoms. The van der Waals surface area contributed by atoms with Crippen LogP contribution in [0.25, 0.3) is 0 Å². The third-order valence-electron chi connectivity index (χ3n) is 2.97. The van der Waals surface area contributed by atoms with E-state index in [0.717, 1.165) is 30.5 Å². The van der Waals surface area contributed by atoms with E-state index < -0.39 is 0 Å². The van der Waals surface area contributed by atoms with E-state index in [1.54, 1.807) is 6.08 Å². The Hall–Kier alpha value is -1.57. The van der Waals surface area contributed by atoms with Crippen LogP contribution < -0.4 is 5.32 Å². The van der Waals surface area contributed by atoms with Crippen molar-refractivity contribution in [2.45, 2.75) is 26.2 Å². The average molecular weight is 231 g/mol. The van der Waals surface area contributed by atoms with Crippen molar-refractivity contribution in [2.24, 2.45) is 5.92 Å². The molecule has 90 valence electrons. The second-order valence-corrected chi connectivity index (χ2v) is 4.56. The van der Waals surface area contributed by atoms with Gasteiger partial charge >= 0.3 is 0 Å². The largest absolute Gasteiger partial charge is 0.356 e. The van der Waals surface area contributed by atoms with Gasteiger partial charge in [-0.25, -0.2) is 4.39 Å². The van der Waals surface area contributed by atoms with Crippen molar-refractivity contribution in [3.63, 3.8) is 0 Å². The van der Waals surface area contributed by atoms with Gasteiger partial charge in [-0.05, 0) is 36.1 Å². The molecule has 0 fully saturated rings. The lowest BCUT2D eigenvalue weighted by Crippen LogP contribution is -2.17. The molecular formula is C15H18FN. The summed E-state index contributed by atoms with van der Waals surface area (Å²) in [5.74, 6) is 0.147. The van der Waals surface area contributed by atoms with Crippen LogP contribution in [0.2, 0.25) is 0 Å². The number of hydrogen-bond donors (Lipinski definition) is 1. The minimum Gasteiger partial charge on any atom is -0.356 e. The van der Waals surface area contributed by atoms with E-state index in [4.69, 9.17) is 0 Å². The smallest absolute Gasteiger partial charge is 0.146 e. The molecule has 0 aromatic rings. The zero-order chi connectivity index (χ0) is 12.3. The van der Waals surface area contributed by atoms with E-state index in [2.05, 4.69) is 24.9 Å². The minimum absolute atomic E-state index is 0.196. The molecule has 0 aromatic carbocycles. The molecule has 0 aromatic heterocycles. The van der Waals surface area contributed by atoms with Crippen molar-refractivity contribution in [3.05, 3.63) is 59.8 Å². The predicted octanol–water partition coefficient (Wildman–Crippen LogP) is 4.14. The SMILES string of the molecule is C=C1C=C(NC2=C(F)C=CC(CCC)C=C2)C1. The molecule has 1 unspecified atom stereocenters. The van der Waals surface area contributed by atoms with Gasteiger partial charge in [-0.15, -0.1) is 0 Å². The van der Waals surface area contributed by atoms with Crippen molar-refractivity contribution in [2.75, 3.05) is 0 Å². The first kappa shape index (κ1) is 11.9. The third kappa shape index (κ3) is 2.96. The van der Waals surface area contributed by atoms with Crippen LogP contribution in [0, 0.1) is 5.92 Å². The van der Waals surface area contributed by atoms with E-state index in [-0.39, 0.29) is 5.83 Å². The zero-order valence-corrected chi connectivity index (χ0v) is 10.2. The van der Waals surface area contributed by atoms with Gasteiger partial charge in [0.05, 0.1) is 5.70 Å². The maximum Gasteiger partial charge on any atom is 0.146 e. The van der Waals surface area contributed by atoms with E-state index in [1.165, 1.54) is 0 Å². The van der Waals surface area contributed by atoms with Crippen LogP contribution in [-0.2, 0) is 0 Å². The predicted molar refractivity (Wildman–Crippen MR) is 69.8 cm³/mol. The van der Waals surface area contributed by atoms with Gasteiger partial charge in [0.2, 0.25) is 0 Å². The summed E-state index contributed by atoms with van der Waals surface area (Å²) < 4.78 is 13.8. The average Bonchev–Trinajstić information content (AvgIpc) is 2.42. The molecule has 2 rings (SSSR count). The fraction of sp³-hybridized carbons (Fsp3) is 0.333. The summed E-state index contributed by atoms with van der Waals surface area (Å²) in [6.07, 6.45) is 12.3. The van der Waals surface area contributed by atoms with Crippen LogP contribution in [0.1, 0.15) is 26.2 Å². The van der Waals surface area contributed by atoms with Crippen LogP contribution >= 0.6 is 0 Å². The Morgan fingerprint density at radius 1 is 1.41 bits per heavy atom. The maximum atomic E-state index is 13.8. The normalized spacial score (nSPS) is 23.3. The zero-order valence-electron chi connectivity index (χ0n) is 10.2. The fourth-order valence-corrected chi connectivity index (χ4v) is 2.00. The van der Waals surface area contributed by atoms with Gasteiger partial charge in [0, 0.05) is 12.1 Å². The van der Waals surface area contributed by atoms with Gasteiger partial charge < -0.3 is 5.32 Å². The standard InChI is InChI=1S/C15H18FN/c1-3-4-12-5-7-14(16)15(8-6-12)17-13-9-11(2)10-13/h5-9,12,17H,2-4,10H2,1H3. The van der Waals surface area contributed by atoms with Gasteiger partial charge in [-0.2, -0.15) is 0 Å². The van der Waals surface area contributed by atoms with Crippen LogP contribution in [0.5, 0.6) is 0 Å². The van der Waals surface area contributed by atoms with Gasteiger partial charge in [0.25, 0.3) is 0 Å². The number of hydrogen-bond acceptors (Lipinski definition) is 1. The van der Waals surface area contributed by atoms with Crippen molar-refractivity contribution in [1.29, 1.82) is 0 Å². The highest BCUT2D eigenvalue weighted by Crippen LogP contribution is 2.24. The molecule has 0 aliphatic heterocycles. The highest BCUT2D eigenvalue weighted by molar-refractivity contribution is 5.41. The lowest BCUT2D eigenvalue weighted by Gasteiger charge is -2.19. The molecule has 0 saturated carbocycles. The van der Waals surface area contributed by atoms with Crippen molar-refractivity contribution < 1.29 is 4.39 Å². The van der Waals surface area contributed by atoms with Crippen LogP contribution in [0.3, 0.4) is 0 Å². The first-order chi connectivity index (χ1) is 8.19. The third-order valence-corrected chi connectivity index (χ3v) is 2.97. The monoisotopic (exact) mass is 231 g/mol. The molecule has 0 bridgehead atoms. The molecule has 2 aliphatic rings. The van der Waals surface area contributed by atoms with E-state index in [9.17, 15) is 4.39 Å². The Morgan fingerprint density at radius 3 is 2.76 bits per heavy atom. The molecule has 0 saturated heterocycles. The lowest BCUT2D eigenvalue weighted by molar-refractivity contribution is 0.642. The molecular weight excluding hydrogens is 213 g/mol. The van der Waals surface area contributed by atoms with Crippen molar-refractivity contribution in [3.8, 4) is 0 Å². The highest BCUT2D eigenvalue weighted by Gasteiger charge is 2.13. The summed E-state index contributed by atoms with van der Waals surface area (Å²) in [4.78, 5) is 0. The second-order valence-electron chi connectivity index (χ2n) is 4.56. The molecule has 1 N–H and O–H groups in total. The first-order valence-electron chi connectivity index (χ1n) is 6.10. The Bertz CT molecular complexity index is 438. The molecule has 17 heavy (non-hydrogen) atoms. The summed E-state index contributed by atoms with van der Waals surface area (Å²) in [7, 11) is 0. The molecule has 0 heterocycles. The second kappa shape index (κ2) is 5.17. The fourth-order valence-electron chi connectivity index (χ4n) is 2.00. The highest BCUT2D eigenvalue weighted by atomic mass is 19.1. The quantitative estimate of drug-likeness (QED) is 0.766. The van der Waals surface area contributed by atoms with Crippen LogP contribution in [0.15, 0.2) is 59.8 Å². The summed E-state index contributed by atoms with van der Waals surface area (Å²) in [5, 5.41) is 3.10. The number of nitrogens with one attached hydrogen (secondary N) is 1. The first-order valence-corrected chi connectivity index (χ1v) is 6.10. The molecule has 2 aliphatic carbocycles. The molecule has 0 radical (unpaired) electrons. The van der Waals surface area contributed by atoms with Crippen LogP contribution in [-0.4, -0.2) is 0 Å². The van der Waals surface area contributed by atoms with Gasteiger partial charge in [-0.1, -0.05) is 32.1 Å². The summed E-state index contributed by atoms with van der Waals surface area (Å²) in [6.45, 7) is 5.96. The van der Waals surface area contributed by atoms with Crippen LogP contribution in [0.4, 0.5) is 4.39 Å². The molecule has 1 nitrogen and oxygen atoms in total. The maximum absolute atomic E-state index is 13.8. The number of halogens is 1. The number of allylic oxidation sites excluding steroid dienone is 7. The minimum atomic E-state index is -0.196. The van der Waals surface area contributed by atoms with Crippen molar-refractivity contribution >= 4 is 0 Å². The Labute approximate surface area is 102 Å². The number of rotatable bonds is 4. The topological polar surface area (TPSA) is 12.0 Å². The summed E-state index contributed by atoms with van der Waals surface area (Å²) in [5.41, 5.74) is 2.68. The van der Waals surface area contributed by atoms with Crippen molar-refractivity contribution in [1.82, 2.24) is 5.32 Å². The van der Waals surface area contributed by atoms with Gasteiger partial charge in [0.15, 0.2) is 0 Å². The Balaban J connectivity index is 2.06. The van der Waals surface area contributed by atoms with E-state index in [0.29, 0.717) is 11.6 Å². The van der Waals surface area contributed by atoms with Gasteiger partial charge in [-0.3, -0.25) is 0 Å². The summed E-state index contributed by atoms with van der Waals surface area (Å²) in [6, 6.07) is 0. The Morgan fingerprint density at radius 2 is 2.12 bits per heavy atom. The molecule has 0 amide bonds. The molecule has 0 spiro atoms. The Kier molecular flexibility index (Phi) is 3.62. The van der Waals surface area contributed by atoms with E-state index in [1.807, 2.05) is 18.2 Å². The van der Waals surface area contributed by atoms with Gasteiger partial charge in [0.1, 0.15) is 5.83 Å². The molecule has 1 atom stereocenters. The lowest BCUT2D eigenvalue weighted by atomic mass is 10.00. The summed E-state index contributed by atoms with van der Waals surface area (Å²) >= 11 is 0.